The number of benzene rings is 2. The van der Waals surface area contributed by atoms with Gasteiger partial charge in [-0.1, -0.05) is 41.4 Å². The van der Waals surface area contributed by atoms with Gasteiger partial charge in [0.25, 0.3) is 11.6 Å². The van der Waals surface area contributed by atoms with Gasteiger partial charge >= 0.3 is 0 Å². The second-order valence-electron chi connectivity index (χ2n) is 5.49. The van der Waals surface area contributed by atoms with Crippen molar-refractivity contribution in [2.45, 2.75) is 6.54 Å². The zero-order valence-corrected chi connectivity index (χ0v) is 15.0. The number of halogens is 3. The maximum Gasteiger partial charge on any atom is 0.288 e. The van der Waals surface area contributed by atoms with Crippen molar-refractivity contribution in [1.29, 1.82) is 0 Å². The van der Waals surface area contributed by atoms with Crippen LogP contribution in [0.1, 0.15) is 15.9 Å². The predicted octanol–water partition coefficient (Wildman–Crippen LogP) is 4.54. The van der Waals surface area contributed by atoms with Crippen LogP contribution in [0.5, 0.6) is 0 Å². The Hall–Kier alpha value is -2.97. The molecule has 27 heavy (non-hydrogen) atoms. The maximum atomic E-state index is 13.7. The summed E-state index contributed by atoms with van der Waals surface area (Å²) in [5.74, 6) is -0.980. The topological polar surface area (TPSA) is 90.1 Å². The zero-order chi connectivity index (χ0) is 19.6. The lowest BCUT2D eigenvalue weighted by Gasteiger charge is -2.04. The van der Waals surface area contributed by atoms with E-state index >= 15 is 0 Å². The summed E-state index contributed by atoms with van der Waals surface area (Å²) >= 11 is 11.8. The van der Waals surface area contributed by atoms with Gasteiger partial charge in [0.05, 0.1) is 11.5 Å². The van der Waals surface area contributed by atoms with Gasteiger partial charge in [0.1, 0.15) is 15.9 Å². The second-order valence-corrected chi connectivity index (χ2v) is 6.31. The number of nitrogens with zero attached hydrogens (tertiary/aromatic N) is 3. The molecule has 2 aromatic carbocycles. The lowest BCUT2D eigenvalue weighted by Crippen LogP contribution is -2.13. The highest BCUT2D eigenvalue weighted by atomic mass is 35.5. The predicted molar refractivity (Wildman–Crippen MR) is 98.8 cm³/mol. The summed E-state index contributed by atoms with van der Waals surface area (Å²) in [6.07, 6.45) is 1.44. The van der Waals surface area contributed by atoms with Crippen molar-refractivity contribution in [2.75, 3.05) is 5.32 Å². The highest BCUT2D eigenvalue weighted by Crippen LogP contribution is 2.26. The van der Waals surface area contributed by atoms with Crippen LogP contribution in [0.25, 0.3) is 0 Å². The van der Waals surface area contributed by atoms with Gasteiger partial charge in [-0.05, 0) is 18.2 Å². The van der Waals surface area contributed by atoms with Crippen LogP contribution in [0.4, 0.5) is 15.9 Å². The Morgan fingerprint density at radius 2 is 1.96 bits per heavy atom. The molecule has 0 unspecified atom stereocenters. The van der Waals surface area contributed by atoms with Crippen molar-refractivity contribution < 1.29 is 14.1 Å². The average Bonchev–Trinajstić information content (AvgIpc) is 2.96. The highest BCUT2D eigenvalue weighted by molar-refractivity contribution is 6.34. The first-order chi connectivity index (χ1) is 12.8. The Balaban J connectivity index is 1.79. The van der Waals surface area contributed by atoms with Crippen molar-refractivity contribution in [3.05, 3.63) is 85.8 Å². The molecule has 1 amide bonds. The standard InChI is InChI=1S/C17H11Cl2FN4O3/c18-12-6-5-10(7-15(12)24(26)27)17(25)21-16-13(19)9-23(22-16)8-11-3-1-2-4-14(11)20/h1-7,9H,8H2,(H,21,22,25). The number of carbonyl (C=O) groups excluding carboxylic acids is 1. The Labute approximate surface area is 162 Å². The van der Waals surface area contributed by atoms with Gasteiger partial charge in [-0.15, -0.1) is 0 Å². The molecule has 0 saturated heterocycles. The van der Waals surface area contributed by atoms with Crippen LogP contribution in [-0.4, -0.2) is 20.6 Å². The zero-order valence-electron chi connectivity index (χ0n) is 13.5. The van der Waals surface area contributed by atoms with E-state index in [0.717, 1.165) is 6.07 Å². The Kier molecular flexibility index (Phi) is 5.38. The molecule has 0 aliphatic rings. The number of aromatic nitrogens is 2. The van der Waals surface area contributed by atoms with E-state index in [2.05, 4.69) is 10.4 Å². The van der Waals surface area contributed by atoms with E-state index in [-0.39, 0.29) is 39.5 Å². The summed E-state index contributed by atoms with van der Waals surface area (Å²) in [4.78, 5) is 22.6. The first-order valence-corrected chi connectivity index (χ1v) is 8.32. The van der Waals surface area contributed by atoms with Crippen LogP contribution in [-0.2, 0) is 6.54 Å². The van der Waals surface area contributed by atoms with E-state index in [1.807, 2.05) is 0 Å². The fraction of sp³-hybridized carbons (Fsp3) is 0.0588. The summed E-state index contributed by atoms with van der Waals surface area (Å²) in [6, 6.07) is 9.86. The fourth-order valence-corrected chi connectivity index (χ4v) is 2.72. The number of nitro groups is 1. The molecular weight excluding hydrogens is 398 g/mol. The molecule has 0 atom stereocenters. The molecule has 3 aromatic rings. The first-order valence-electron chi connectivity index (χ1n) is 7.57. The van der Waals surface area contributed by atoms with E-state index < -0.39 is 10.8 Å². The average molecular weight is 409 g/mol. The number of rotatable bonds is 5. The number of anilines is 1. The van der Waals surface area contributed by atoms with Crippen LogP contribution < -0.4 is 5.32 Å². The number of amides is 1. The lowest BCUT2D eigenvalue weighted by molar-refractivity contribution is -0.384. The Morgan fingerprint density at radius 3 is 2.67 bits per heavy atom. The van der Waals surface area contributed by atoms with Gasteiger partial charge in [0, 0.05) is 23.4 Å². The first kappa shape index (κ1) is 18.8. The van der Waals surface area contributed by atoms with Crippen molar-refractivity contribution in [2.24, 2.45) is 0 Å². The van der Waals surface area contributed by atoms with Gasteiger partial charge in [0.15, 0.2) is 5.82 Å². The molecule has 1 aromatic heterocycles. The van der Waals surface area contributed by atoms with E-state index in [1.54, 1.807) is 18.2 Å². The molecule has 0 spiro atoms. The molecule has 3 rings (SSSR count). The molecule has 138 valence electrons. The smallest absolute Gasteiger partial charge is 0.288 e. The van der Waals surface area contributed by atoms with Crippen LogP contribution >= 0.6 is 23.2 Å². The molecule has 0 bridgehead atoms. The highest BCUT2D eigenvalue weighted by Gasteiger charge is 2.18. The third-order valence-electron chi connectivity index (χ3n) is 3.64. The lowest BCUT2D eigenvalue weighted by atomic mass is 10.2. The minimum atomic E-state index is -0.685. The van der Waals surface area contributed by atoms with Crippen LogP contribution in [0, 0.1) is 15.9 Å². The van der Waals surface area contributed by atoms with Gasteiger partial charge in [-0.3, -0.25) is 19.6 Å². The summed E-state index contributed by atoms with van der Waals surface area (Å²) in [7, 11) is 0. The van der Waals surface area contributed by atoms with Gasteiger partial charge in [0.2, 0.25) is 0 Å². The summed E-state index contributed by atoms with van der Waals surface area (Å²) in [5.41, 5.74) is 0.0363. The molecule has 10 heteroatoms. The molecule has 1 heterocycles. The number of hydrogen-bond acceptors (Lipinski definition) is 4. The summed E-state index contributed by atoms with van der Waals surface area (Å²) < 4.78 is 15.1. The van der Waals surface area contributed by atoms with Crippen molar-refractivity contribution >= 4 is 40.6 Å². The third kappa shape index (κ3) is 4.24. The molecular formula is C17H11Cl2FN4O3. The fourth-order valence-electron chi connectivity index (χ4n) is 2.34. The molecule has 0 aliphatic carbocycles. The van der Waals surface area contributed by atoms with Crippen molar-refractivity contribution in [3.63, 3.8) is 0 Å². The van der Waals surface area contributed by atoms with Gasteiger partial charge in [-0.25, -0.2) is 4.39 Å². The van der Waals surface area contributed by atoms with Crippen LogP contribution in [0.15, 0.2) is 48.7 Å². The molecule has 0 fully saturated rings. The van der Waals surface area contributed by atoms with Gasteiger partial charge in [-0.2, -0.15) is 5.10 Å². The minimum Gasteiger partial charge on any atom is -0.304 e. The van der Waals surface area contributed by atoms with Crippen LogP contribution in [0.2, 0.25) is 10.0 Å². The second kappa shape index (κ2) is 7.73. The van der Waals surface area contributed by atoms with Crippen LogP contribution in [0.3, 0.4) is 0 Å². The molecule has 1 N–H and O–H groups in total. The molecule has 0 saturated carbocycles. The molecule has 0 radical (unpaired) electrons. The van der Waals surface area contributed by atoms with Crippen molar-refractivity contribution in [3.8, 4) is 0 Å². The summed E-state index contributed by atoms with van der Waals surface area (Å²) in [5, 5.41) is 17.6. The number of nitrogens with one attached hydrogen (secondary N) is 1. The molecule has 0 aliphatic heterocycles. The van der Waals surface area contributed by atoms with Crippen molar-refractivity contribution in [1.82, 2.24) is 9.78 Å². The largest absolute Gasteiger partial charge is 0.304 e. The minimum absolute atomic E-state index is 0.0193. The monoisotopic (exact) mass is 408 g/mol. The molecule has 7 nitrogen and oxygen atoms in total. The normalized spacial score (nSPS) is 10.6. The quantitative estimate of drug-likeness (QED) is 0.495. The Morgan fingerprint density at radius 1 is 1.22 bits per heavy atom. The van der Waals surface area contributed by atoms with Gasteiger partial charge < -0.3 is 5.32 Å². The van der Waals surface area contributed by atoms with E-state index in [0.29, 0.717) is 5.56 Å². The summed E-state index contributed by atoms with van der Waals surface area (Å²) in [6.45, 7) is 0.120. The van der Waals surface area contributed by atoms with E-state index in [1.165, 1.54) is 29.1 Å². The number of carbonyl (C=O) groups is 1. The van der Waals surface area contributed by atoms with E-state index in [9.17, 15) is 19.3 Å². The van der Waals surface area contributed by atoms with E-state index in [4.69, 9.17) is 23.2 Å². The maximum absolute atomic E-state index is 13.7. The third-order valence-corrected chi connectivity index (χ3v) is 4.24. The number of hydrogen-bond donors (Lipinski definition) is 1. The Bertz CT molecular complexity index is 1040. The SMILES string of the molecule is O=C(Nc1nn(Cc2ccccc2F)cc1Cl)c1ccc(Cl)c([N+](=O)[O-])c1. The number of nitro benzene ring substituents is 1.